The van der Waals surface area contributed by atoms with E-state index in [1.807, 2.05) is 42.8 Å². The van der Waals surface area contributed by atoms with Crippen LogP contribution in [0.5, 0.6) is 0 Å². The summed E-state index contributed by atoms with van der Waals surface area (Å²) in [5.41, 5.74) is 1.40. The lowest BCUT2D eigenvalue weighted by Crippen LogP contribution is -2.37. The van der Waals surface area contributed by atoms with Gasteiger partial charge in [0, 0.05) is 48.7 Å². The molecule has 0 bridgehead atoms. The Labute approximate surface area is 297 Å². The van der Waals surface area contributed by atoms with Crippen molar-refractivity contribution in [2.45, 2.75) is 39.3 Å². The van der Waals surface area contributed by atoms with E-state index in [1.54, 1.807) is 48.5 Å². The molecular formula is C37H47F3N8O3. The lowest BCUT2D eigenvalue weighted by molar-refractivity contribution is -0.142. The van der Waals surface area contributed by atoms with Crippen molar-refractivity contribution in [3.63, 3.8) is 0 Å². The maximum absolute atomic E-state index is 13.7. The van der Waals surface area contributed by atoms with Crippen molar-refractivity contribution in [3.05, 3.63) is 84.1 Å². The number of rotatable bonds is 6. The Balaban J connectivity index is 0.000000580. The van der Waals surface area contributed by atoms with Crippen LogP contribution in [0.15, 0.2) is 72.8 Å². The smallest absolute Gasteiger partial charge is 0.378 e. The number of ether oxygens (including phenoxy) is 1. The van der Waals surface area contributed by atoms with Gasteiger partial charge in [-0.25, -0.2) is 14.3 Å². The van der Waals surface area contributed by atoms with Crippen molar-refractivity contribution >= 4 is 34.6 Å². The average Bonchev–Trinajstić information content (AvgIpc) is 3.80. The molecule has 274 valence electrons. The summed E-state index contributed by atoms with van der Waals surface area (Å²) in [6, 6.07) is 15.1. The fraction of sp³-hybridized carbons (Fsp3) is 0.405. The molecule has 11 nitrogen and oxygen atoms in total. The first-order chi connectivity index (χ1) is 24.4. The average molecular weight is 709 g/mol. The van der Waals surface area contributed by atoms with Crippen molar-refractivity contribution in [1.82, 2.24) is 24.4 Å². The number of nitrogens with zero attached hydrogens (tertiary/aromatic N) is 6. The summed E-state index contributed by atoms with van der Waals surface area (Å²) in [4.78, 5) is 35.4. The van der Waals surface area contributed by atoms with Gasteiger partial charge in [0.05, 0.1) is 13.2 Å². The monoisotopic (exact) mass is 708 g/mol. The quantitative estimate of drug-likeness (QED) is 0.203. The van der Waals surface area contributed by atoms with Crippen molar-refractivity contribution in [1.29, 1.82) is 0 Å². The summed E-state index contributed by atoms with van der Waals surface area (Å²) in [5, 5.41) is 9.67. The lowest BCUT2D eigenvalue weighted by Gasteiger charge is -2.28. The van der Waals surface area contributed by atoms with E-state index in [1.165, 1.54) is 6.07 Å². The van der Waals surface area contributed by atoms with Gasteiger partial charge >= 0.3 is 12.2 Å². The number of likely N-dealkylation sites (tertiary alicyclic amines) is 1. The highest BCUT2D eigenvalue weighted by Crippen LogP contribution is 2.34. The van der Waals surface area contributed by atoms with E-state index in [4.69, 9.17) is 4.74 Å². The molecule has 6 rings (SSSR count). The Bertz CT molecular complexity index is 1740. The number of hydrogen-bond acceptors (Lipinski definition) is 7. The van der Waals surface area contributed by atoms with Crippen LogP contribution in [-0.4, -0.2) is 96.9 Å². The summed E-state index contributed by atoms with van der Waals surface area (Å²) >= 11 is 0. The van der Waals surface area contributed by atoms with Crippen LogP contribution in [0, 0.1) is 0 Å². The highest BCUT2D eigenvalue weighted by molar-refractivity contribution is 6.00. The number of hydrogen-bond donors (Lipinski definition) is 2. The van der Waals surface area contributed by atoms with Gasteiger partial charge in [0.25, 0.3) is 5.91 Å². The van der Waals surface area contributed by atoms with Gasteiger partial charge in [-0.1, -0.05) is 19.1 Å². The fourth-order valence-electron chi connectivity index (χ4n) is 5.36. The van der Waals surface area contributed by atoms with Crippen LogP contribution in [0.4, 0.5) is 35.2 Å². The Morgan fingerprint density at radius 1 is 0.882 bits per heavy atom. The number of allylic oxidation sites excluding steroid dienone is 2. The molecule has 0 saturated carbocycles. The maximum Gasteiger partial charge on any atom is 0.433 e. The van der Waals surface area contributed by atoms with Crippen LogP contribution < -0.4 is 15.5 Å². The van der Waals surface area contributed by atoms with Crippen LogP contribution in [0.3, 0.4) is 0 Å². The number of fused-ring (bicyclic) bond motifs is 1. The molecule has 2 aliphatic heterocycles. The summed E-state index contributed by atoms with van der Waals surface area (Å²) in [6.07, 6.45) is 2.77. The third kappa shape index (κ3) is 11.0. The Morgan fingerprint density at radius 3 is 1.96 bits per heavy atom. The van der Waals surface area contributed by atoms with Crippen molar-refractivity contribution in [3.8, 4) is 11.4 Å². The van der Waals surface area contributed by atoms with E-state index in [-0.39, 0.29) is 17.2 Å². The molecule has 0 radical (unpaired) electrons. The molecule has 0 atom stereocenters. The third-order valence-electron chi connectivity index (χ3n) is 7.75. The van der Waals surface area contributed by atoms with Gasteiger partial charge in [-0.2, -0.15) is 13.2 Å². The lowest BCUT2D eigenvalue weighted by atomic mass is 10.2. The second-order valence-electron chi connectivity index (χ2n) is 12.4. The zero-order valence-electron chi connectivity index (χ0n) is 29.8. The van der Waals surface area contributed by atoms with Gasteiger partial charge in [0.2, 0.25) is 0 Å². The highest BCUT2D eigenvalue weighted by atomic mass is 19.4. The maximum atomic E-state index is 13.7. The minimum Gasteiger partial charge on any atom is -0.378 e. The zero-order valence-corrected chi connectivity index (χ0v) is 29.8. The van der Waals surface area contributed by atoms with Gasteiger partial charge < -0.3 is 30.1 Å². The molecule has 0 unspecified atom stereocenters. The normalized spacial score (nSPS) is 14.6. The van der Waals surface area contributed by atoms with E-state index < -0.39 is 17.9 Å². The molecule has 2 aromatic heterocycles. The first kappa shape index (κ1) is 38.8. The summed E-state index contributed by atoms with van der Waals surface area (Å²) in [7, 11) is 6.00. The van der Waals surface area contributed by atoms with Crippen LogP contribution in [0.1, 0.15) is 49.2 Å². The first-order valence-corrected chi connectivity index (χ1v) is 17.0. The number of urea groups is 1. The van der Waals surface area contributed by atoms with Gasteiger partial charge in [-0.05, 0) is 108 Å². The van der Waals surface area contributed by atoms with E-state index in [0.29, 0.717) is 54.6 Å². The number of morpholine rings is 1. The van der Waals surface area contributed by atoms with Crippen LogP contribution in [0.25, 0.3) is 16.9 Å². The van der Waals surface area contributed by atoms with Gasteiger partial charge in [0.15, 0.2) is 11.6 Å². The molecule has 2 aromatic carbocycles. The molecule has 2 fully saturated rings. The number of carbonyl (C=O) groups is 2. The summed E-state index contributed by atoms with van der Waals surface area (Å²) in [5.74, 6) is 0.494. The topological polar surface area (TPSA) is 107 Å². The number of carbonyl (C=O) groups excluding carboxylic acids is 2. The fourth-order valence-corrected chi connectivity index (χ4v) is 5.36. The second-order valence-corrected chi connectivity index (χ2v) is 12.4. The molecule has 3 amide bonds. The Kier molecular flexibility index (Phi) is 14.0. The molecule has 4 heterocycles. The molecule has 2 saturated heterocycles. The minimum atomic E-state index is -4.59. The highest BCUT2D eigenvalue weighted by Gasteiger charge is 2.35. The van der Waals surface area contributed by atoms with Crippen molar-refractivity contribution < 1.29 is 27.5 Å². The van der Waals surface area contributed by atoms with E-state index in [0.717, 1.165) is 42.9 Å². The first-order valence-electron chi connectivity index (χ1n) is 17.0. The Hall–Kier alpha value is -4.95. The zero-order chi connectivity index (χ0) is 37.0. The van der Waals surface area contributed by atoms with Crippen LogP contribution in [0.2, 0.25) is 0 Å². The SMILES string of the molecule is C/C=C\CC.CN(C)C.O=C(Nc1ccc(C(=O)N2CCCC2)cc1)Nc1ccc(-c2nc(N3CCOCC3)c3ccc(C(F)(F)F)n3n2)cc1. The molecule has 51 heavy (non-hydrogen) atoms. The Morgan fingerprint density at radius 2 is 1.45 bits per heavy atom. The summed E-state index contributed by atoms with van der Waals surface area (Å²) < 4.78 is 47.5. The molecule has 0 aliphatic carbocycles. The predicted molar refractivity (Wildman–Crippen MR) is 195 cm³/mol. The summed E-state index contributed by atoms with van der Waals surface area (Å²) in [6.45, 7) is 7.56. The number of aromatic nitrogens is 3. The molecule has 2 aliphatic rings. The molecule has 2 N–H and O–H groups in total. The molecular weight excluding hydrogens is 661 g/mol. The number of anilines is 3. The van der Waals surface area contributed by atoms with Gasteiger partial charge in [-0.15, -0.1) is 5.10 Å². The molecule has 14 heteroatoms. The number of halogens is 3. The van der Waals surface area contributed by atoms with E-state index >= 15 is 0 Å². The standard InChI is InChI=1S/C29H28F3N7O3.C5H10.C3H9N/c30-29(31,32)24-12-11-23-26(37-15-17-42-18-16-37)35-25(36-39(23)24)19-3-7-21(8-4-19)33-28(41)34-22-9-5-20(6-10-22)27(40)38-13-1-2-14-38;1-3-5-4-2;1-4(2)3/h3-12H,1-2,13-18H2,(H2,33,34,41);3,5H,4H2,1-2H3;1-3H3/b;5-3-;. The minimum absolute atomic E-state index is 0.0183. The molecule has 0 spiro atoms. The third-order valence-corrected chi connectivity index (χ3v) is 7.75. The van der Waals surface area contributed by atoms with Gasteiger partial charge in [0.1, 0.15) is 11.2 Å². The van der Waals surface area contributed by atoms with Gasteiger partial charge in [-0.3, -0.25) is 4.79 Å². The van der Waals surface area contributed by atoms with E-state index in [9.17, 15) is 22.8 Å². The predicted octanol–water partition coefficient (Wildman–Crippen LogP) is 7.28. The second kappa shape index (κ2) is 18.3. The number of benzene rings is 2. The number of nitrogens with one attached hydrogen (secondary N) is 2. The van der Waals surface area contributed by atoms with E-state index in [2.05, 4.69) is 39.8 Å². The number of alkyl halides is 3. The number of amides is 3. The largest absolute Gasteiger partial charge is 0.433 e. The van der Waals surface area contributed by atoms with Crippen LogP contribution in [-0.2, 0) is 10.9 Å². The molecule has 4 aromatic rings. The van der Waals surface area contributed by atoms with Crippen molar-refractivity contribution in [2.75, 3.05) is 76.1 Å². The van der Waals surface area contributed by atoms with Crippen molar-refractivity contribution in [2.24, 2.45) is 0 Å². The van der Waals surface area contributed by atoms with Crippen LogP contribution >= 0.6 is 0 Å².